The molecule has 0 saturated carbocycles. The van der Waals surface area contributed by atoms with Gasteiger partial charge in [0.05, 0.1) is 11.7 Å². The minimum absolute atomic E-state index is 0.304. The van der Waals surface area contributed by atoms with Crippen LogP contribution in [0.3, 0.4) is 0 Å². The highest BCUT2D eigenvalue weighted by atomic mass is 15.2. The number of aliphatic imine (C=N–C) groups is 1. The van der Waals surface area contributed by atoms with Gasteiger partial charge in [0.2, 0.25) is 0 Å². The lowest BCUT2D eigenvalue weighted by Gasteiger charge is -2.07. The average molecular weight is 283 g/mol. The van der Waals surface area contributed by atoms with Crippen LogP contribution in [0.2, 0.25) is 0 Å². The number of nitrogens with two attached hydrogens (primary N) is 1. The second-order valence-electron chi connectivity index (χ2n) is 5.17. The Kier molecular flexibility index (Phi) is 4.42. The molecule has 2 rings (SSSR count). The highest BCUT2D eigenvalue weighted by Crippen LogP contribution is 2.17. The van der Waals surface area contributed by atoms with Crippen LogP contribution >= 0.6 is 0 Å². The first kappa shape index (κ1) is 14.8. The van der Waals surface area contributed by atoms with Gasteiger partial charge in [0.15, 0.2) is 0 Å². The van der Waals surface area contributed by atoms with E-state index in [9.17, 15) is 0 Å². The van der Waals surface area contributed by atoms with Crippen LogP contribution in [0.1, 0.15) is 25.1 Å². The summed E-state index contributed by atoms with van der Waals surface area (Å²) in [5.74, 6) is 0.616. The largest absolute Gasteiger partial charge is 0.398 e. The quantitative estimate of drug-likeness (QED) is 0.828. The van der Waals surface area contributed by atoms with E-state index in [-0.39, 0.29) is 0 Å². The van der Waals surface area contributed by atoms with Crippen molar-refractivity contribution < 1.29 is 0 Å². The Balaban J connectivity index is 2.20. The van der Waals surface area contributed by atoms with E-state index >= 15 is 0 Å². The number of nitrogens with one attached hydrogen (secondary N) is 1. The summed E-state index contributed by atoms with van der Waals surface area (Å²) in [7, 11) is 0. The van der Waals surface area contributed by atoms with Crippen molar-refractivity contribution in [3.05, 3.63) is 54.1 Å². The molecule has 0 saturated heterocycles. The third-order valence-electron chi connectivity index (χ3n) is 2.98. The van der Waals surface area contributed by atoms with Crippen molar-refractivity contribution in [1.29, 1.82) is 0 Å². The molecule has 0 bridgehead atoms. The molecule has 0 unspecified atom stereocenters. The number of pyridine rings is 1. The molecule has 21 heavy (non-hydrogen) atoms. The van der Waals surface area contributed by atoms with Crippen LogP contribution < -0.4 is 11.1 Å². The number of nitrogens with zero attached hydrogens (tertiary/aromatic N) is 3. The lowest BCUT2D eigenvalue weighted by Crippen LogP contribution is -2.20. The normalized spacial score (nSPS) is 12.5. The van der Waals surface area contributed by atoms with E-state index in [0.717, 1.165) is 16.8 Å². The van der Waals surface area contributed by atoms with Gasteiger partial charge in [-0.05, 0) is 39.0 Å². The van der Waals surface area contributed by atoms with Crippen molar-refractivity contribution >= 4 is 17.4 Å². The molecule has 3 N–H and O–H groups in total. The molecule has 2 aromatic rings. The van der Waals surface area contributed by atoms with Crippen molar-refractivity contribution in [2.45, 2.75) is 26.8 Å². The number of aromatic nitrogens is 2. The van der Waals surface area contributed by atoms with E-state index in [1.54, 1.807) is 18.5 Å². The first-order valence-corrected chi connectivity index (χ1v) is 6.88. The summed E-state index contributed by atoms with van der Waals surface area (Å²) in [6.07, 6.45) is 5.17. The lowest BCUT2D eigenvalue weighted by molar-refractivity contribution is 0.666. The standard InChI is InChI=1S/C16H21N5/c1-11(2)20-13(4)18-9-8-15(17)14-10-19-21-12(3)6-5-7-16(14)21/h5-11,20H,4,17H2,1-3H3/b15-8-,18-9?. The van der Waals surface area contributed by atoms with E-state index < -0.39 is 0 Å². The maximum atomic E-state index is 6.11. The Morgan fingerprint density at radius 1 is 1.48 bits per heavy atom. The summed E-state index contributed by atoms with van der Waals surface area (Å²) in [5, 5.41) is 7.45. The minimum atomic E-state index is 0.304. The van der Waals surface area contributed by atoms with Gasteiger partial charge >= 0.3 is 0 Å². The fourth-order valence-corrected chi connectivity index (χ4v) is 2.04. The van der Waals surface area contributed by atoms with Gasteiger partial charge in [-0.15, -0.1) is 0 Å². The maximum absolute atomic E-state index is 6.11. The maximum Gasteiger partial charge on any atom is 0.118 e. The molecule has 2 aromatic heterocycles. The molecule has 5 heteroatoms. The number of hydrogen-bond donors (Lipinski definition) is 2. The summed E-state index contributed by atoms with van der Waals surface area (Å²) in [6, 6.07) is 6.30. The summed E-state index contributed by atoms with van der Waals surface area (Å²) in [6.45, 7) is 9.89. The third kappa shape index (κ3) is 3.51. The molecule has 0 fully saturated rings. The summed E-state index contributed by atoms with van der Waals surface area (Å²) in [5.41, 5.74) is 9.67. The van der Waals surface area contributed by atoms with Crippen molar-refractivity contribution in [2.75, 3.05) is 0 Å². The molecular formula is C16H21N5. The van der Waals surface area contributed by atoms with Gasteiger partial charge < -0.3 is 11.1 Å². The molecule has 5 nitrogen and oxygen atoms in total. The molecule has 0 aliphatic heterocycles. The fraction of sp³-hybridized carbons (Fsp3) is 0.250. The lowest BCUT2D eigenvalue weighted by atomic mass is 10.2. The highest BCUT2D eigenvalue weighted by Gasteiger charge is 2.06. The van der Waals surface area contributed by atoms with Gasteiger partial charge in [0.25, 0.3) is 0 Å². The molecule has 0 aliphatic carbocycles. The highest BCUT2D eigenvalue weighted by molar-refractivity contribution is 5.87. The van der Waals surface area contributed by atoms with Crippen LogP contribution in [0.25, 0.3) is 11.2 Å². The van der Waals surface area contributed by atoms with Crippen molar-refractivity contribution in [3.8, 4) is 0 Å². The average Bonchev–Trinajstić information content (AvgIpc) is 2.83. The minimum Gasteiger partial charge on any atom is -0.398 e. The topological polar surface area (TPSA) is 67.7 Å². The monoisotopic (exact) mass is 283 g/mol. The Bertz CT molecular complexity index is 707. The smallest absolute Gasteiger partial charge is 0.118 e. The van der Waals surface area contributed by atoms with E-state index in [1.165, 1.54) is 0 Å². The predicted octanol–water partition coefficient (Wildman–Crippen LogP) is 2.48. The molecule has 110 valence electrons. The molecular weight excluding hydrogens is 262 g/mol. The van der Waals surface area contributed by atoms with Crippen LogP contribution in [0.4, 0.5) is 0 Å². The van der Waals surface area contributed by atoms with E-state index in [1.807, 2.05) is 43.5 Å². The van der Waals surface area contributed by atoms with Crippen molar-refractivity contribution in [3.63, 3.8) is 0 Å². The molecule has 0 amide bonds. The summed E-state index contributed by atoms with van der Waals surface area (Å²) >= 11 is 0. The van der Waals surface area contributed by atoms with Crippen molar-refractivity contribution in [1.82, 2.24) is 14.9 Å². The van der Waals surface area contributed by atoms with Crippen molar-refractivity contribution in [2.24, 2.45) is 10.7 Å². The van der Waals surface area contributed by atoms with Gasteiger partial charge in [-0.3, -0.25) is 0 Å². The second-order valence-corrected chi connectivity index (χ2v) is 5.17. The fourth-order valence-electron chi connectivity index (χ4n) is 2.04. The van der Waals surface area contributed by atoms with Gasteiger partial charge in [0, 0.05) is 29.2 Å². The first-order chi connectivity index (χ1) is 9.99. The number of allylic oxidation sites excluding steroid dienone is 1. The Morgan fingerprint density at radius 3 is 2.95 bits per heavy atom. The van der Waals surface area contributed by atoms with Crippen LogP contribution in [0, 0.1) is 6.92 Å². The molecule has 2 heterocycles. The van der Waals surface area contributed by atoms with Gasteiger partial charge in [-0.1, -0.05) is 12.6 Å². The van der Waals surface area contributed by atoms with E-state index in [4.69, 9.17) is 5.73 Å². The van der Waals surface area contributed by atoms with E-state index in [2.05, 4.69) is 22.0 Å². The Hall–Kier alpha value is -2.56. The van der Waals surface area contributed by atoms with Gasteiger partial charge in [0.1, 0.15) is 5.82 Å². The second kappa shape index (κ2) is 6.26. The number of fused-ring (bicyclic) bond motifs is 1. The summed E-state index contributed by atoms with van der Waals surface area (Å²) < 4.78 is 1.87. The molecule has 0 radical (unpaired) electrons. The zero-order valence-corrected chi connectivity index (χ0v) is 12.7. The summed E-state index contributed by atoms with van der Waals surface area (Å²) in [4.78, 5) is 4.20. The van der Waals surface area contributed by atoms with Gasteiger partial charge in [-0.25, -0.2) is 9.51 Å². The Labute approximate surface area is 124 Å². The molecule has 0 spiro atoms. The van der Waals surface area contributed by atoms with Crippen LogP contribution in [-0.2, 0) is 0 Å². The zero-order chi connectivity index (χ0) is 15.4. The molecule has 0 aliphatic rings. The molecule has 0 aromatic carbocycles. The Morgan fingerprint density at radius 2 is 2.24 bits per heavy atom. The SMILES string of the molecule is C=C(N=C/C=C(\N)c1cnn2c(C)cccc12)NC(C)C. The number of rotatable bonds is 5. The van der Waals surface area contributed by atoms with Crippen LogP contribution in [-0.4, -0.2) is 21.9 Å². The predicted molar refractivity (Wildman–Crippen MR) is 88.0 cm³/mol. The number of hydrogen-bond acceptors (Lipinski definition) is 4. The third-order valence-corrected chi connectivity index (χ3v) is 2.98. The molecule has 0 atom stereocenters. The van der Waals surface area contributed by atoms with E-state index in [0.29, 0.717) is 17.6 Å². The van der Waals surface area contributed by atoms with Crippen LogP contribution in [0.5, 0.6) is 0 Å². The van der Waals surface area contributed by atoms with Crippen LogP contribution in [0.15, 0.2) is 47.9 Å². The first-order valence-electron chi connectivity index (χ1n) is 6.88. The zero-order valence-electron chi connectivity index (χ0n) is 12.7. The number of aryl methyl sites for hydroxylation is 1. The van der Waals surface area contributed by atoms with Gasteiger partial charge in [-0.2, -0.15) is 5.10 Å².